The maximum atomic E-state index is 11.3. The van der Waals surface area contributed by atoms with E-state index >= 15 is 0 Å². The van der Waals surface area contributed by atoms with Crippen molar-refractivity contribution in [3.05, 3.63) is 113 Å². The summed E-state index contributed by atoms with van der Waals surface area (Å²) in [5, 5.41) is 53.3. The van der Waals surface area contributed by atoms with Gasteiger partial charge in [-0.25, -0.2) is 9.59 Å². The first-order chi connectivity index (χ1) is 22.5. The largest absolute Gasteiger partial charge is 0.507 e. The van der Waals surface area contributed by atoms with Gasteiger partial charge in [0.1, 0.15) is 28.4 Å². The molecule has 5 rings (SSSR count). The fraction of sp³-hybridized carbons (Fsp3) is 0.0303. The molecule has 0 fully saturated rings. The summed E-state index contributed by atoms with van der Waals surface area (Å²) in [5.74, 6) is -2.74. The van der Waals surface area contributed by atoms with Crippen LogP contribution in [0.4, 0.5) is 45.5 Å². The molecule has 14 heteroatoms. The number of nitrogens with zero attached hydrogens (tertiary/aromatic N) is 6. The number of nitrogens with two attached hydrogens (primary N) is 2. The number of carboxylic acids is 2. The Kier molecular flexibility index (Phi) is 9.29. The fourth-order valence-electron chi connectivity index (χ4n) is 4.26. The van der Waals surface area contributed by atoms with Crippen LogP contribution in [-0.2, 0) is 0 Å². The van der Waals surface area contributed by atoms with E-state index in [1.54, 1.807) is 37.3 Å². The van der Waals surface area contributed by atoms with Gasteiger partial charge < -0.3 is 26.8 Å². The van der Waals surface area contributed by atoms with Crippen LogP contribution < -0.4 is 11.5 Å². The van der Waals surface area contributed by atoms with Gasteiger partial charge in [0.05, 0.1) is 39.0 Å². The molecule has 7 N–H and O–H groups in total. The highest BCUT2D eigenvalue weighted by atomic mass is 35.5. The number of rotatable bonds is 9. The van der Waals surface area contributed by atoms with Crippen molar-refractivity contribution >= 4 is 69.0 Å². The van der Waals surface area contributed by atoms with Gasteiger partial charge in [-0.1, -0.05) is 35.9 Å². The molecule has 0 atom stereocenters. The third-order valence-electron chi connectivity index (χ3n) is 6.85. The predicted molar refractivity (Wildman–Crippen MR) is 178 cm³/mol. The van der Waals surface area contributed by atoms with Crippen LogP contribution in [0.15, 0.2) is 122 Å². The van der Waals surface area contributed by atoms with Gasteiger partial charge in [-0.3, -0.25) is 0 Å². The third kappa shape index (κ3) is 7.44. The van der Waals surface area contributed by atoms with E-state index in [0.29, 0.717) is 28.3 Å². The molecule has 0 aliphatic carbocycles. The molecular weight excluding hydrogens is 624 g/mol. The summed E-state index contributed by atoms with van der Waals surface area (Å²) in [6.45, 7) is 1.76. The highest BCUT2D eigenvalue weighted by Crippen LogP contribution is 2.42. The van der Waals surface area contributed by atoms with Crippen LogP contribution in [0.2, 0.25) is 5.02 Å². The van der Waals surface area contributed by atoms with Gasteiger partial charge in [0, 0.05) is 0 Å². The Hall–Kier alpha value is -6.47. The van der Waals surface area contributed by atoms with E-state index in [4.69, 9.17) is 28.2 Å². The van der Waals surface area contributed by atoms with E-state index in [1.807, 2.05) is 24.3 Å². The lowest BCUT2D eigenvalue weighted by molar-refractivity contribution is 0.0684. The van der Waals surface area contributed by atoms with Crippen LogP contribution in [0, 0.1) is 6.92 Å². The van der Waals surface area contributed by atoms with Crippen LogP contribution >= 0.6 is 11.6 Å². The van der Waals surface area contributed by atoms with Crippen molar-refractivity contribution < 1.29 is 24.9 Å². The first-order valence-electron chi connectivity index (χ1n) is 13.7. The number of carbonyl (C=O) groups is 2. The van der Waals surface area contributed by atoms with Crippen molar-refractivity contribution in [1.29, 1.82) is 0 Å². The molecule has 47 heavy (non-hydrogen) atoms. The van der Waals surface area contributed by atoms with Crippen molar-refractivity contribution in [3.8, 4) is 16.9 Å². The predicted octanol–water partition coefficient (Wildman–Crippen LogP) is 9.83. The molecule has 0 radical (unpaired) electrons. The van der Waals surface area contributed by atoms with Crippen LogP contribution in [0.1, 0.15) is 26.3 Å². The zero-order valence-corrected chi connectivity index (χ0v) is 25.3. The quantitative estimate of drug-likeness (QED) is 0.0767. The Balaban J connectivity index is 1.30. The number of aromatic hydroxyl groups is 1. The smallest absolute Gasteiger partial charge is 0.339 e. The molecule has 234 valence electrons. The molecule has 0 amide bonds. The number of aromatic carboxylic acids is 2. The summed E-state index contributed by atoms with van der Waals surface area (Å²) in [5.41, 5.74) is 17.2. The molecule has 0 aliphatic rings. The third-order valence-corrected chi connectivity index (χ3v) is 7.17. The Bertz CT molecular complexity index is 2100. The SMILES string of the molecule is Cc1cc(/N=N/c2ccc(-c3ccc(/N=N/c4ccc(O)c(C(=O)O)c4)cc3)cc2)c(N)c(/N=N/c2cc(C(=O)O)ccc2Cl)c1N. The van der Waals surface area contributed by atoms with Crippen LogP contribution in [0.25, 0.3) is 11.1 Å². The van der Waals surface area contributed by atoms with Crippen LogP contribution in [0.5, 0.6) is 5.75 Å². The average molecular weight is 649 g/mol. The van der Waals surface area contributed by atoms with E-state index < -0.39 is 11.9 Å². The van der Waals surface area contributed by atoms with Gasteiger partial charge in [-0.2, -0.15) is 15.3 Å². The van der Waals surface area contributed by atoms with Crippen LogP contribution in [0.3, 0.4) is 0 Å². The highest BCUT2D eigenvalue weighted by molar-refractivity contribution is 6.33. The number of hydrogen-bond donors (Lipinski definition) is 5. The van der Waals surface area contributed by atoms with Gasteiger partial charge in [0.25, 0.3) is 0 Å². The van der Waals surface area contributed by atoms with Gasteiger partial charge in [-0.05, 0) is 90.3 Å². The van der Waals surface area contributed by atoms with E-state index in [9.17, 15) is 19.8 Å². The minimum absolute atomic E-state index is 0.00142. The summed E-state index contributed by atoms with van der Waals surface area (Å²) in [4.78, 5) is 22.5. The lowest BCUT2D eigenvalue weighted by atomic mass is 10.1. The first-order valence-corrected chi connectivity index (χ1v) is 14.1. The first kappa shape index (κ1) is 31.9. The molecule has 0 aliphatic heterocycles. The molecule has 5 aromatic rings. The van der Waals surface area contributed by atoms with Gasteiger partial charge in [0.2, 0.25) is 0 Å². The van der Waals surface area contributed by atoms with E-state index in [1.165, 1.54) is 36.4 Å². The van der Waals surface area contributed by atoms with Crippen molar-refractivity contribution in [1.82, 2.24) is 0 Å². The number of hydrogen-bond acceptors (Lipinski definition) is 11. The topological polar surface area (TPSA) is 221 Å². The standard InChI is InChI=1S/C33H25ClN8O5/c1-17-14-27(30(36)31(29(17)35)42-40-26-15-20(32(44)45)6-12-25(26)34)41-38-22-9-4-19(5-10-22)18-2-7-21(8-3-18)37-39-23-11-13-28(43)24(16-23)33(46)47/h2-16,43H,35-36H2,1H3,(H,44,45)(H,46,47)/b39-37+,41-38+,42-40+. The second kappa shape index (κ2) is 13.7. The molecule has 0 aromatic heterocycles. The monoisotopic (exact) mass is 648 g/mol. The Morgan fingerprint density at radius 3 is 1.77 bits per heavy atom. The van der Waals surface area contributed by atoms with E-state index in [2.05, 4.69) is 30.7 Å². The molecule has 0 heterocycles. The number of phenols is 1. The molecule has 0 bridgehead atoms. The molecule has 0 saturated carbocycles. The van der Waals surface area contributed by atoms with E-state index in [0.717, 1.165) is 11.1 Å². The normalized spacial score (nSPS) is 11.5. The highest BCUT2D eigenvalue weighted by Gasteiger charge is 2.14. The number of aryl methyl sites for hydroxylation is 1. The zero-order valence-electron chi connectivity index (χ0n) is 24.5. The van der Waals surface area contributed by atoms with Crippen molar-refractivity contribution in [2.24, 2.45) is 30.7 Å². The number of carboxylic acid groups (broad SMARTS) is 2. The number of halogens is 1. The van der Waals surface area contributed by atoms with Gasteiger partial charge in [-0.15, -0.1) is 15.3 Å². The Morgan fingerprint density at radius 1 is 0.617 bits per heavy atom. The molecular formula is C33H25ClN8O5. The molecule has 0 spiro atoms. The maximum Gasteiger partial charge on any atom is 0.339 e. The summed E-state index contributed by atoms with van der Waals surface area (Å²) in [6, 6.07) is 24.3. The average Bonchev–Trinajstić information content (AvgIpc) is 3.06. The number of azo groups is 3. The van der Waals surface area contributed by atoms with Gasteiger partial charge in [0.15, 0.2) is 0 Å². The second-order valence-corrected chi connectivity index (χ2v) is 10.5. The minimum atomic E-state index is -1.26. The fourth-order valence-corrected chi connectivity index (χ4v) is 4.41. The molecule has 13 nitrogen and oxygen atoms in total. The number of benzene rings is 5. The van der Waals surface area contributed by atoms with Crippen LogP contribution in [-0.4, -0.2) is 27.3 Å². The number of nitrogen functional groups attached to an aromatic ring is 2. The van der Waals surface area contributed by atoms with Crippen molar-refractivity contribution in [3.63, 3.8) is 0 Å². The molecule has 5 aromatic carbocycles. The number of anilines is 2. The summed E-state index contributed by atoms with van der Waals surface area (Å²) in [7, 11) is 0. The second-order valence-electron chi connectivity index (χ2n) is 10.1. The summed E-state index contributed by atoms with van der Waals surface area (Å²) >= 11 is 6.16. The molecule has 0 saturated heterocycles. The Morgan fingerprint density at radius 2 is 1.17 bits per heavy atom. The summed E-state index contributed by atoms with van der Waals surface area (Å²) < 4.78 is 0. The van der Waals surface area contributed by atoms with Crippen molar-refractivity contribution in [2.45, 2.75) is 6.92 Å². The van der Waals surface area contributed by atoms with E-state index in [-0.39, 0.29) is 44.6 Å². The lowest BCUT2D eigenvalue weighted by Crippen LogP contribution is -1.96. The zero-order chi connectivity index (χ0) is 33.7. The lowest BCUT2D eigenvalue weighted by Gasteiger charge is -2.09. The molecule has 0 unspecified atom stereocenters. The maximum absolute atomic E-state index is 11.3. The minimum Gasteiger partial charge on any atom is -0.507 e. The van der Waals surface area contributed by atoms with Gasteiger partial charge >= 0.3 is 11.9 Å². The van der Waals surface area contributed by atoms with Crippen molar-refractivity contribution in [2.75, 3.05) is 11.5 Å². The Labute approximate surface area is 272 Å². The summed E-state index contributed by atoms with van der Waals surface area (Å²) in [6.07, 6.45) is 0.